The van der Waals surface area contributed by atoms with Crippen molar-refractivity contribution in [3.8, 4) is 0 Å². The summed E-state index contributed by atoms with van der Waals surface area (Å²) in [5, 5.41) is 0. The first-order valence-electron chi connectivity index (χ1n) is 3.26. The van der Waals surface area contributed by atoms with Gasteiger partial charge in [-0.15, -0.1) is 0 Å². The first-order valence-corrected chi connectivity index (χ1v) is 3.26. The van der Waals surface area contributed by atoms with Crippen LogP contribution in [-0.2, 0) is 14.3 Å². The monoisotopic (exact) mass is 144 g/mol. The molecule has 3 nitrogen and oxygen atoms in total. The molecule has 10 heavy (non-hydrogen) atoms. The Kier molecular flexibility index (Phi) is 3.69. The third-order valence-electron chi connectivity index (χ3n) is 1.25. The van der Waals surface area contributed by atoms with Crippen LogP contribution >= 0.6 is 0 Å². The average Bonchev–Trinajstić information content (AvgIpc) is 1.87. The minimum atomic E-state index is -0.611. The highest BCUT2D eigenvalue weighted by Gasteiger charge is 2.17. The molecule has 58 valence electrons. The maximum absolute atomic E-state index is 10.7. The van der Waals surface area contributed by atoms with E-state index in [1.807, 2.05) is 0 Å². The van der Waals surface area contributed by atoms with Crippen LogP contribution in [0, 0.1) is 5.92 Å². The maximum atomic E-state index is 10.7. The van der Waals surface area contributed by atoms with Gasteiger partial charge in [0.05, 0.1) is 6.61 Å². The molecule has 0 saturated heterocycles. The minimum Gasteiger partial charge on any atom is -0.465 e. The lowest BCUT2D eigenvalue weighted by atomic mass is 10.1. The number of Topliss-reactive ketones (excluding diaryl/α,β-unsaturated/α-hetero) is 1. The van der Waals surface area contributed by atoms with E-state index < -0.39 is 11.9 Å². The molecule has 0 aliphatic heterocycles. The van der Waals surface area contributed by atoms with E-state index in [1.165, 1.54) is 6.92 Å². The number of esters is 1. The molecular weight excluding hydrogens is 132 g/mol. The molecule has 0 spiro atoms. The van der Waals surface area contributed by atoms with Crippen molar-refractivity contribution in [2.45, 2.75) is 20.8 Å². The van der Waals surface area contributed by atoms with Crippen molar-refractivity contribution >= 4 is 11.8 Å². The minimum absolute atomic E-state index is 0.154. The molecule has 0 bridgehead atoms. The summed E-state index contributed by atoms with van der Waals surface area (Å²) < 4.78 is 4.61. The topological polar surface area (TPSA) is 43.4 Å². The molecular formula is C7H12O3. The molecule has 0 N–H and O–H groups in total. The molecule has 3 heteroatoms. The predicted octanol–water partition coefficient (Wildman–Crippen LogP) is 0.775. The van der Waals surface area contributed by atoms with Gasteiger partial charge in [-0.2, -0.15) is 0 Å². The molecule has 0 saturated carbocycles. The largest absolute Gasteiger partial charge is 0.465 e. The molecule has 0 aromatic carbocycles. The average molecular weight is 144 g/mol. The standard InChI is InChI=1S/C7H12O3/c1-4-10-7(9)5(2)6(3)8/h5H,4H2,1-3H3/t5-/m0/s1. The fourth-order valence-corrected chi connectivity index (χ4v) is 0.433. The van der Waals surface area contributed by atoms with E-state index in [4.69, 9.17) is 0 Å². The Balaban J connectivity index is 3.82. The highest BCUT2D eigenvalue weighted by atomic mass is 16.5. The zero-order valence-corrected chi connectivity index (χ0v) is 6.51. The normalized spacial score (nSPS) is 12.3. The number of hydrogen-bond donors (Lipinski definition) is 0. The molecule has 0 aromatic heterocycles. The molecule has 0 radical (unpaired) electrons. The SMILES string of the molecule is CCOC(=O)[C@@H](C)C(C)=O. The Labute approximate surface area is 60.4 Å². The fourth-order valence-electron chi connectivity index (χ4n) is 0.433. The van der Waals surface area contributed by atoms with Gasteiger partial charge >= 0.3 is 5.97 Å². The van der Waals surface area contributed by atoms with Crippen LogP contribution in [0.4, 0.5) is 0 Å². The Morgan fingerprint density at radius 2 is 2.00 bits per heavy atom. The van der Waals surface area contributed by atoms with Gasteiger partial charge in [0.15, 0.2) is 0 Å². The van der Waals surface area contributed by atoms with E-state index in [2.05, 4.69) is 4.74 Å². The quantitative estimate of drug-likeness (QED) is 0.434. The summed E-state index contributed by atoms with van der Waals surface area (Å²) in [7, 11) is 0. The van der Waals surface area contributed by atoms with Crippen LogP contribution in [-0.4, -0.2) is 18.4 Å². The summed E-state index contributed by atoms with van der Waals surface area (Å²) in [4.78, 5) is 21.3. The maximum Gasteiger partial charge on any atom is 0.316 e. The van der Waals surface area contributed by atoms with Crippen LogP contribution in [0.1, 0.15) is 20.8 Å². The van der Waals surface area contributed by atoms with Crippen LogP contribution in [0.15, 0.2) is 0 Å². The van der Waals surface area contributed by atoms with Gasteiger partial charge in [0.1, 0.15) is 11.7 Å². The Hall–Kier alpha value is -0.860. The number of carbonyl (C=O) groups is 2. The van der Waals surface area contributed by atoms with Crippen molar-refractivity contribution in [3.63, 3.8) is 0 Å². The van der Waals surface area contributed by atoms with Crippen molar-refractivity contribution in [2.24, 2.45) is 5.92 Å². The summed E-state index contributed by atoms with van der Waals surface area (Å²) in [6.07, 6.45) is 0. The highest BCUT2D eigenvalue weighted by Crippen LogP contribution is 1.98. The van der Waals surface area contributed by atoms with Crippen LogP contribution < -0.4 is 0 Å². The van der Waals surface area contributed by atoms with Crippen LogP contribution in [0.25, 0.3) is 0 Å². The van der Waals surface area contributed by atoms with E-state index in [1.54, 1.807) is 13.8 Å². The van der Waals surface area contributed by atoms with Crippen molar-refractivity contribution < 1.29 is 14.3 Å². The number of ketones is 1. The lowest BCUT2D eigenvalue weighted by Crippen LogP contribution is -2.20. The van der Waals surface area contributed by atoms with Gasteiger partial charge in [-0.05, 0) is 20.8 Å². The van der Waals surface area contributed by atoms with E-state index in [0.29, 0.717) is 6.61 Å². The third kappa shape index (κ3) is 2.62. The molecule has 0 aromatic rings. The van der Waals surface area contributed by atoms with E-state index in [9.17, 15) is 9.59 Å². The summed E-state index contributed by atoms with van der Waals surface area (Å²) >= 11 is 0. The first-order chi connectivity index (χ1) is 4.59. The number of carbonyl (C=O) groups excluding carboxylic acids is 2. The zero-order valence-electron chi connectivity index (χ0n) is 6.51. The lowest BCUT2D eigenvalue weighted by molar-refractivity contribution is -0.150. The van der Waals surface area contributed by atoms with E-state index >= 15 is 0 Å². The number of ether oxygens (including phenoxy) is 1. The van der Waals surface area contributed by atoms with Crippen LogP contribution in [0.5, 0.6) is 0 Å². The van der Waals surface area contributed by atoms with Gasteiger partial charge in [-0.1, -0.05) is 0 Å². The van der Waals surface area contributed by atoms with Gasteiger partial charge in [0.25, 0.3) is 0 Å². The van der Waals surface area contributed by atoms with Gasteiger partial charge in [-0.3, -0.25) is 9.59 Å². The summed E-state index contributed by atoms with van der Waals surface area (Å²) in [6.45, 7) is 4.96. The Morgan fingerprint density at radius 1 is 1.50 bits per heavy atom. The van der Waals surface area contributed by atoms with Crippen molar-refractivity contribution in [1.82, 2.24) is 0 Å². The number of rotatable bonds is 3. The van der Waals surface area contributed by atoms with Gasteiger partial charge in [0.2, 0.25) is 0 Å². The summed E-state index contributed by atoms with van der Waals surface area (Å²) in [6, 6.07) is 0. The highest BCUT2D eigenvalue weighted by molar-refractivity contribution is 5.97. The van der Waals surface area contributed by atoms with Crippen molar-refractivity contribution in [3.05, 3.63) is 0 Å². The Morgan fingerprint density at radius 3 is 2.30 bits per heavy atom. The smallest absolute Gasteiger partial charge is 0.316 e. The molecule has 0 rings (SSSR count). The van der Waals surface area contributed by atoms with Gasteiger partial charge < -0.3 is 4.74 Å². The van der Waals surface area contributed by atoms with Crippen molar-refractivity contribution in [1.29, 1.82) is 0 Å². The molecule has 0 unspecified atom stereocenters. The summed E-state index contributed by atoms with van der Waals surface area (Å²) in [5.41, 5.74) is 0. The van der Waals surface area contributed by atoms with Crippen molar-refractivity contribution in [2.75, 3.05) is 6.61 Å². The molecule has 0 fully saturated rings. The second kappa shape index (κ2) is 4.04. The molecule has 0 amide bonds. The van der Waals surface area contributed by atoms with Crippen LogP contribution in [0.3, 0.4) is 0 Å². The van der Waals surface area contributed by atoms with E-state index in [0.717, 1.165) is 0 Å². The zero-order chi connectivity index (χ0) is 8.15. The molecule has 0 heterocycles. The molecule has 0 aliphatic rings. The second-order valence-corrected chi connectivity index (χ2v) is 2.08. The Bertz CT molecular complexity index is 140. The molecule has 1 atom stereocenters. The first kappa shape index (κ1) is 9.14. The number of hydrogen-bond acceptors (Lipinski definition) is 3. The van der Waals surface area contributed by atoms with Gasteiger partial charge in [0, 0.05) is 0 Å². The third-order valence-corrected chi connectivity index (χ3v) is 1.25. The lowest BCUT2D eigenvalue weighted by Gasteiger charge is -2.04. The van der Waals surface area contributed by atoms with Crippen LogP contribution in [0.2, 0.25) is 0 Å². The molecule has 0 aliphatic carbocycles. The van der Waals surface area contributed by atoms with E-state index in [-0.39, 0.29) is 5.78 Å². The summed E-state index contributed by atoms with van der Waals surface area (Å²) in [5.74, 6) is -1.20. The predicted molar refractivity (Wildman–Crippen MR) is 36.5 cm³/mol. The fraction of sp³-hybridized carbons (Fsp3) is 0.714. The second-order valence-electron chi connectivity index (χ2n) is 2.08. The van der Waals surface area contributed by atoms with Gasteiger partial charge in [-0.25, -0.2) is 0 Å².